The molecule has 3 nitrogen and oxygen atoms in total. The van der Waals surface area contributed by atoms with Crippen molar-refractivity contribution in [1.29, 1.82) is 0 Å². The van der Waals surface area contributed by atoms with Crippen molar-refractivity contribution in [3.8, 4) is 0 Å². The molecular weight excluding hydrogens is 202 g/mol. The summed E-state index contributed by atoms with van der Waals surface area (Å²) in [5.41, 5.74) is 1.43. The molecule has 0 aromatic heterocycles. The van der Waals surface area contributed by atoms with Crippen molar-refractivity contribution in [3.05, 3.63) is 29.8 Å². The van der Waals surface area contributed by atoms with Gasteiger partial charge in [0.05, 0.1) is 12.2 Å². The van der Waals surface area contributed by atoms with E-state index in [2.05, 4.69) is 5.32 Å². The van der Waals surface area contributed by atoms with Crippen LogP contribution in [0, 0.1) is 5.92 Å². The van der Waals surface area contributed by atoms with Gasteiger partial charge in [0, 0.05) is 12.7 Å². The molecule has 0 unspecified atom stereocenters. The van der Waals surface area contributed by atoms with Crippen LogP contribution in [0.5, 0.6) is 0 Å². The molecule has 0 bridgehead atoms. The van der Waals surface area contributed by atoms with Gasteiger partial charge in [-0.1, -0.05) is 25.0 Å². The lowest BCUT2D eigenvalue weighted by atomic mass is 10.2. The van der Waals surface area contributed by atoms with Gasteiger partial charge in [-0.15, -0.1) is 0 Å². The van der Waals surface area contributed by atoms with Gasteiger partial charge in [-0.25, -0.2) is 4.79 Å². The van der Waals surface area contributed by atoms with Gasteiger partial charge in [-0.2, -0.15) is 0 Å². The third-order valence-electron chi connectivity index (χ3n) is 2.87. The van der Waals surface area contributed by atoms with Crippen LogP contribution in [0.1, 0.15) is 29.6 Å². The number of carbonyl (C=O) groups is 1. The molecule has 0 atom stereocenters. The van der Waals surface area contributed by atoms with Crippen LogP contribution in [0.4, 0.5) is 5.69 Å². The second-order valence-corrected chi connectivity index (χ2v) is 4.16. The minimum atomic E-state index is -0.231. The summed E-state index contributed by atoms with van der Waals surface area (Å²) in [6, 6.07) is 7.40. The van der Waals surface area contributed by atoms with Crippen LogP contribution in [0.2, 0.25) is 0 Å². The van der Waals surface area contributed by atoms with Crippen LogP contribution in [-0.2, 0) is 4.74 Å². The summed E-state index contributed by atoms with van der Waals surface area (Å²) in [4.78, 5) is 11.8. The predicted octanol–water partition coefficient (Wildman–Crippen LogP) is 2.69. The quantitative estimate of drug-likeness (QED) is 0.774. The van der Waals surface area contributed by atoms with Gasteiger partial charge in [0.2, 0.25) is 0 Å². The van der Waals surface area contributed by atoms with E-state index in [9.17, 15) is 4.79 Å². The standard InChI is InChI=1S/C13H17NO2/c1-14-12-5-3-2-4-11(12)13(15)16-9-8-10-6-7-10/h2-5,10,14H,6-9H2,1H3. The van der Waals surface area contributed by atoms with Crippen molar-refractivity contribution < 1.29 is 9.53 Å². The Morgan fingerprint density at radius 1 is 1.44 bits per heavy atom. The molecule has 1 N–H and O–H groups in total. The van der Waals surface area contributed by atoms with Crippen LogP contribution >= 0.6 is 0 Å². The molecular formula is C13H17NO2. The zero-order chi connectivity index (χ0) is 11.4. The zero-order valence-electron chi connectivity index (χ0n) is 9.53. The molecule has 0 aliphatic heterocycles. The Morgan fingerprint density at radius 3 is 2.88 bits per heavy atom. The van der Waals surface area contributed by atoms with E-state index in [0.717, 1.165) is 18.0 Å². The minimum absolute atomic E-state index is 0.231. The number of esters is 1. The molecule has 0 spiro atoms. The first-order valence-corrected chi connectivity index (χ1v) is 5.75. The second kappa shape index (κ2) is 5.01. The molecule has 0 heterocycles. The molecule has 1 aromatic rings. The Morgan fingerprint density at radius 2 is 2.19 bits per heavy atom. The van der Waals surface area contributed by atoms with Crippen molar-refractivity contribution in [2.75, 3.05) is 19.0 Å². The van der Waals surface area contributed by atoms with Gasteiger partial charge in [0.25, 0.3) is 0 Å². The summed E-state index contributed by atoms with van der Waals surface area (Å²) in [6.45, 7) is 0.543. The van der Waals surface area contributed by atoms with Gasteiger partial charge in [0.1, 0.15) is 0 Å². The molecule has 3 heteroatoms. The average molecular weight is 219 g/mol. The molecule has 1 aromatic carbocycles. The normalized spacial score (nSPS) is 14.6. The van der Waals surface area contributed by atoms with Crippen molar-refractivity contribution in [2.45, 2.75) is 19.3 Å². The average Bonchev–Trinajstić information content (AvgIpc) is 3.13. The highest BCUT2D eigenvalue weighted by atomic mass is 16.5. The maximum atomic E-state index is 11.8. The number of benzene rings is 1. The molecule has 1 aliphatic carbocycles. The number of para-hydroxylation sites is 1. The lowest BCUT2D eigenvalue weighted by Crippen LogP contribution is -2.09. The summed E-state index contributed by atoms with van der Waals surface area (Å²) < 4.78 is 5.24. The van der Waals surface area contributed by atoms with E-state index < -0.39 is 0 Å². The van der Waals surface area contributed by atoms with Gasteiger partial charge in [-0.05, 0) is 24.5 Å². The third kappa shape index (κ3) is 2.75. The molecule has 1 aliphatic rings. The number of hydrogen-bond acceptors (Lipinski definition) is 3. The van der Waals surface area contributed by atoms with Gasteiger partial charge < -0.3 is 10.1 Å². The van der Waals surface area contributed by atoms with E-state index >= 15 is 0 Å². The van der Waals surface area contributed by atoms with E-state index in [1.807, 2.05) is 18.2 Å². The predicted molar refractivity (Wildman–Crippen MR) is 63.6 cm³/mol. The Bertz CT molecular complexity index is 372. The minimum Gasteiger partial charge on any atom is -0.462 e. The molecule has 0 radical (unpaired) electrons. The number of ether oxygens (including phenoxy) is 1. The molecule has 0 saturated heterocycles. The highest BCUT2D eigenvalue weighted by Gasteiger charge is 2.21. The summed E-state index contributed by atoms with van der Waals surface area (Å²) in [5, 5.41) is 2.99. The van der Waals surface area contributed by atoms with Crippen LogP contribution in [0.25, 0.3) is 0 Å². The van der Waals surface area contributed by atoms with Crippen molar-refractivity contribution in [3.63, 3.8) is 0 Å². The van der Waals surface area contributed by atoms with E-state index in [1.165, 1.54) is 12.8 Å². The van der Waals surface area contributed by atoms with Crippen molar-refractivity contribution in [1.82, 2.24) is 0 Å². The van der Waals surface area contributed by atoms with Gasteiger partial charge in [0.15, 0.2) is 0 Å². The van der Waals surface area contributed by atoms with E-state index in [1.54, 1.807) is 13.1 Å². The van der Waals surface area contributed by atoms with Crippen molar-refractivity contribution >= 4 is 11.7 Å². The SMILES string of the molecule is CNc1ccccc1C(=O)OCCC1CC1. The summed E-state index contributed by atoms with van der Waals surface area (Å²) in [5.74, 6) is 0.568. The summed E-state index contributed by atoms with van der Waals surface area (Å²) in [7, 11) is 1.80. The van der Waals surface area contributed by atoms with E-state index in [4.69, 9.17) is 4.74 Å². The molecule has 86 valence electrons. The van der Waals surface area contributed by atoms with Gasteiger partial charge >= 0.3 is 5.97 Å². The molecule has 0 amide bonds. The first kappa shape index (κ1) is 11.0. The number of anilines is 1. The van der Waals surface area contributed by atoms with Crippen LogP contribution in [-0.4, -0.2) is 19.6 Å². The highest BCUT2D eigenvalue weighted by molar-refractivity contribution is 5.95. The van der Waals surface area contributed by atoms with Crippen LogP contribution < -0.4 is 5.32 Å². The fourth-order valence-corrected chi connectivity index (χ4v) is 1.68. The second-order valence-electron chi connectivity index (χ2n) is 4.16. The van der Waals surface area contributed by atoms with Crippen LogP contribution in [0.15, 0.2) is 24.3 Å². The summed E-state index contributed by atoms with van der Waals surface area (Å²) in [6.07, 6.45) is 3.60. The molecule has 1 fully saturated rings. The Balaban J connectivity index is 1.90. The lowest BCUT2D eigenvalue weighted by Gasteiger charge is -2.08. The first-order chi connectivity index (χ1) is 7.81. The zero-order valence-corrected chi connectivity index (χ0v) is 9.53. The Labute approximate surface area is 95.8 Å². The number of hydrogen-bond donors (Lipinski definition) is 1. The number of rotatable bonds is 5. The maximum Gasteiger partial charge on any atom is 0.340 e. The topological polar surface area (TPSA) is 38.3 Å². The Kier molecular flexibility index (Phi) is 3.44. The monoisotopic (exact) mass is 219 g/mol. The molecule has 1 saturated carbocycles. The fourth-order valence-electron chi connectivity index (χ4n) is 1.68. The number of nitrogens with one attached hydrogen (secondary N) is 1. The van der Waals surface area contributed by atoms with Crippen LogP contribution in [0.3, 0.4) is 0 Å². The fraction of sp³-hybridized carbons (Fsp3) is 0.462. The van der Waals surface area contributed by atoms with Gasteiger partial charge in [-0.3, -0.25) is 0 Å². The van der Waals surface area contributed by atoms with E-state index in [-0.39, 0.29) is 5.97 Å². The Hall–Kier alpha value is -1.51. The smallest absolute Gasteiger partial charge is 0.340 e. The molecule has 2 rings (SSSR count). The lowest BCUT2D eigenvalue weighted by molar-refractivity contribution is 0.0496. The molecule has 16 heavy (non-hydrogen) atoms. The maximum absolute atomic E-state index is 11.8. The summed E-state index contributed by atoms with van der Waals surface area (Å²) >= 11 is 0. The third-order valence-corrected chi connectivity index (χ3v) is 2.87. The highest BCUT2D eigenvalue weighted by Crippen LogP contribution is 2.32. The largest absolute Gasteiger partial charge is 0.462 e. The van der Waals surface area contributed by atoms with Crippen molar-refractivity contribution in [2.24, 2.45) is 5.92 Å². The van der Waals surface area contributed by atoms with E-state index in [0.29, 0.717) is 12.2 Å². The first-order valence-electron chi connectivity index (χ1n) is 5.75. The number of carbonyl (C=O) groups excluding carboxylic acids is 1.